The fourth-order valence-corrected chi connectivity index (χ4v) is 2.56. The number of aryl methyl sites for hydroxylation is 2. The Labute approximate surface area is 112 Å². The maximum Gasteiger partial charge on any atom is 0.234 e. The third kappa shape index (κ3) is 3.06. The first-order chi connectivity index (χ1) is 8.88. The lowest BCUT2D eigenvalue weighted by molar-refractivity contribution is 0.441. The molecule has 0 fully saturated rings. The predicted molar refractivity (Wildman–Crippen MR) is 73.8 cm³/mol. The number of benzene rings is 2. The number of phenolic OH excluding ortho intramolecular Hbond substituents is 1. The Morgan fingerprint density at radius 3 is 2.26 bits per heavy atom. The van der Waals surface area contributed by atoms with Crippen molar-refractivity contribution in [3.05, 3.63) is 53.6 Å². The molecule has 0 heterocycles. The highest BCUT2D eigenvalue weighted by Crippen LogP contribution is 2.29. The molecule has 0 spiro atoms. The number of phenols is 1. The highest BCUT2D eigenvalue weighted by atomic mass is 32.2. The van der Waals surface area contributed by atoms with Gasteiger partial charge in [-0.25, -0.2) is 8.99 Å². The average Bonchev–Trinajstić information content (AvgIpc) is 2.34. The second-order valence-corrected chi connectivity index (χ2v) is 6.02. The predicted octanol–water partition coefficient (Wildman–Crippen LogP) is 3.41. The normalized spacial score (nSPS) is 13.8. The number of rotatable bonds is 3. The standard InChI is InChI=1S/C14H15NO3S/c1-10-3-6-12(7-4-10)19(15,17)18-14-9-11(2)5-8-13(14)16/h3-9,15-16H,1-2H3. The zero-order valence-corrected chi connectivity index (χ0v) is 11.5. The Morgan fingerprint density at radius 1 is 1.05 bits per heavy atom. The van der Waals surface area contributed by atoms with Crippen molar-refractivity contribution in [2.75, 3.05) is 0 Å². The first kappa shape index (κ1) is 13.4. The minimum atomic E-state index is -3.43. The van der Waals surface area contributed by atoms with Crippen LogP contribution in [0.15, 0.2) is 47.4 Å². The monoisotopic (exact) mass is 277 g/mol. The Hall–Kier alpha value is -2.01. The van der Waals surface area contributed by atoms with Crippen molar-refractivity contribution in [3.63, 3.8) is 0 Å². The zero-order chi connectivity index (χ0) is 14.0. The molecule has 2 aromatic rings. The first-order valence-electron chi connectivity index (χ1n) is 5.73. The van der Waals surface area contributed by atoms with E-state index in [2.05, 4.69) is 0 Å². The molecule has 2 aromatic carbocycles. The van der Waals surface area contributed by atoms with Crippen LogP contribution in [0, 0.1) is 18.6 Å². The molecule has 0 saturated carbocycles. The largest absolute Gasteiger partial charge is 0.504 e. The van der Waals surface area contributed by atoms with E-state index in [4.69, 9.17) is 8.96 Å². The molecule has 0 saturated heterocycles. The van der Waals surface area contributed by atoms with E-state index in [1.165, 1.54) is 6.07 Å². The minimum Gasteiger partial charge on any atom is -0.504 e. The lowest BCUT2D eigenvalue weighted by Crippen LogP contribution is -2.08. The molecule has 0 radical (unpaired) electrons. The first-order valence-corrected chi connectivity index (χ1v) is 7.21. The SMILES string of the molecule is Cc1ccc(S(=N)(=O)Oc2cc(C)ccc2O)cc1. The Bertz CT molecular complexity index is 691. The van der Waals surface area contributed by atoms with Crippen molar-refractivity contribution in [2.24, 2.45) is 0 Å². The van der Waals surface area contributed by atoms with E-state index in [1.54, 1.807) is 36.4 Å². The van der Waals surface area contributed by atoms with Crippen LogP contribution in [0.5, 0.6) is 11.5 Å². The molecule has 0 aliphatic carbocycles. The van der Waals surface area contributed by atoms with Crippen LogP contribution in [0.1, 0.15) is 11.1 Å². The number of aromatic hydroxyl groups is 1. The Morgan fingerprint density at radius 2 is 1.63 bits per heavy atom. The summed E-state index contributed by atoms with van der Waals surface area (Å²) in [4.78, 5) is 0.277. The number of nitrogens with one attached hydrogen (secondary N) is 1. The molecule has 100 valence electrons. The maximum atomic E-state index is 12.3. The second-order valence-electron chi connectivity index (χ2n) is 4.37. The molecule has 5 heteroatoms. The van der Waals surface area contributed by atoms with Crippen molar-refractivity contribution in [1.29, 1.82) is 4.78 Å². The number of hydrogen-bond acceptors (Lipinski definition) is 4. The summed E-state index contributed by atoms with van der Waals surface area (Å²) in [5.41, 5.74) is 1.87. The van der Waals surface area contributed by atoms with Gasteiger partial charge in [-0.3, -0.25) is 0 Å². The van der Waals surface area contributed by atoms with Gasteiger partial charge in [0, 0.05) is 0 Å². The van der Waals surface area contributed by atoms with Crippen molar-refractivity contribution in [2.45, 2.75) is 18.7 Å². The zero-order valence-electron chi connectivity index (χ0n) is 10.7. The van der Waals surface area contributed by atoms with E-state index in [9.17, 15) is 9.32 Å². The van der Waals surface area contributed by atoms with E-state index < -0.39 is 10.0 Å². The molecule has 4 nitrogen and oxygen atoms in total. The van der Waals surface area contributed by atoms with Crippen LogP contribution < -0.4 is 4.18 Å². The van der Waals surface area contributed by atoms with Gasteiger partial charge in [0.15, 0.2) is 11.5 Å². The van der Waals surface area contributed by atoms with Crippen molar-refractivity contribution in [3.8, 4) is 11.5 Å². The number of hydrogen-bond donors (Lipinski definition) is 2. The highest BCUT2D eigenvalue weighted by Gasteiger charge is 2.14. The van der Waals surface area contributed by atoms with Gasteiger partial charge in [-0.2, -0.15) is 0 Å². The van der Waals surface area contributed by atoms with Crippen LogP contribution in [0.25, 0.3) is 0 Å². The lowest BCUT2D eigenvalue weighted by Gasteiger charge is -2.11. The van der Waals surface area contributed by atoms with Crippen LogP contribution in [0.2, 0.25) is 0 Å². The van der Waals surface area contributed by atoms with E-state index in [0.29, 0.717) is 0 Å². The van der Waals surface area contributed by atoms with E-state index in [-0.39, 0.29) is 16.4 Å². The van der Waals surface area contributed by atoms with E-state index in [1.807, 2.05) is 13.8 Å². The summed E-state index contributed by atoms with van der Waals surface area (Å²) in [5.74, 6) is -0.0711. The lowest BCUT2D eigenvalue weighted by atomic mass is 10.2. The summed E-state index contributed by atoms with van der Waals surface area (Å²) in [5, 5.41) is 9.66. The van der Waals surface area contributed by atoms with Gasteiger partial charge in [-0.05, 0) is 43.7 Å². The molecule has 0 bridgehead atoms. The molecule has 1 unspecified atom stereocenters. The molecular weight excluding hydrogens is 262 g/mol. The van der Waals surface area contributed by atoms with Crippen LogP contribution in [-0.4, -0.2) is 9.32 Å². The van der Waals surface area contributed by atoms with Crippen LogP contribution in [0.3, 0.4) is 0 Å². The molecule has 1 atom stereocenters. The Kier molecular flexibility index (Phi) is 3.48. The molecule has 19 heavy (non-hydrogen) atoms. The van der Waals surface area contributed by atoms with Gasteiger partial charge >= 0.3 is 0 Å². The summed E-state index contributed by atoms with van der Waals surface area (Å²) >= 11 is 0. The summed E-state index contributed by atoms with van der Waals surface area (Å²) in [6, 6.07) is 11.4. The van der Waals surface area contributed by atoms with E-state index in [0.717, 1.165) is 11.1 Å². The molecular formula is C14H15NO3S. The molecule has 0 aromatic heterocycles. The van der Waals surface area contributed by atoms with Gasteiger partial charge < -0.3 is 9.29 Å². The summed E-state index contributed by atoms with van der Waals surface area (Å²) in [7, 11) is -3.43. The van der Waals surface area contributed by atoms with Crippen molar-refractivity contribution in [1.82, 2.24) is 0 Å². The average molecular weight is 277 g/mol. The second kappa shape index (κ2) is 4.93. The maximum absolute atomic E-state index is 12.3. The highest BCUT2D eigenvalue weighted by molar-refractivity contribution is 7.88. The van der Waals surface area contributed by atoms with Crippen LogP contribution in [-0.2, 0) is 10.0 Å². The molecule has 2 rings (SSSR count). The third-order valence-electron chi connectivity index (χ3n) is 2.65. The topological polar surface area (TPSA) is 70.4 Å². The molecule has 0 aliphatic rings. The van der Waals surface area contributed by atoms with Gasteiger partial charge in [0.2, 0.25) is 10.0 Å². The third-order valence-corrected chi connectivity index (χ3v) is 3.96. The fourth-order valence-electron chi connectivity index (χ4n) is 1.58. The minimum absolute atomic E-state index is 0.0561. The van der Waals surface area contributed by atoms with Crippen molar-refractivity contribution >= 4 is 10.0 Å². The van der Waals surface area contributed by atoms with E-state index >= 15 is 0 Å². The van der Waals surface area contributed by atoms with Gasteiger partial charge in [0.25, 0.3) is 0 Å². The van der Waals surface area contributed by atoms with Gasteiger partial charge in [-0.1, -0.05) is 23.8 Å². The van der Waals surface area contributed by atoms with Gasteiger partial charge in [0.1, 0.15) is 0 Å². The van der Waals surface area contributed by atoms with Gasteiger partial charge in [0.05, 0.1) is 4.90 Å². The molecule has 2 N–H and O–H groups in total. The van der Waals surface area contributed by atoms with Gasteiger partial charge in [-0.15, -0.1) is 0 Å². The quantitative estimate of drug-likeness (QED) is 0.903. The van der Waals surface area contributed by atoms with Crippen LogP contribution >= 0.6 is 0 Å². The molecule has 0 amide bonds. The summed E-state index contributed by atoms with van der Waals surface area (Å²) in [6.07, 6.45) is 0. The smallest absolute Gasteiger partial charge is 0.234 e. The molecule has 0 aliphatic heterocycles. The Balaban J connectivity index is 2.36. The summed E-state index contributed by atoms with van der Waals surface area (Å²) in [6.45, 7) is 3.73. The summed E-state index contributed by atoms with van der Waals surface area (Å²) < 4.78 is 25.3. The fraction of sp³-hybridized carbons (Fsp3) is 0.143. The van der Waals surface area contributed by atoms with Crippen LogP contribution in [0.4, 0.5) is 0 Å². The van der Waals surface area contributed by atoms with Crippen molar-refractivity contribution < 1.29 is 13.5 Å².